The Morgan fingerprint density at radius 1 is 1.30 bits per heavy atom. The highest BCUT2D eigenvalue weighted by Crippen LogP contribution is 2.23. The minimum Gasteiger partial charge on any atom is -0.493 e. The molecule has 3 nitrogen and oxygen atoms in total. The molecule has 1 saturated heterocycles. The van der Waals surface area contributed by atoms with Gasteiger partial charge in [-0.2, -0.15) is 0 Å². The summed E-state index contributed by atoms with van der Waals surface area (Å²) in [5, 5.41) is 0. The Bertz CT molecular complexity index is 408. The molecule has 2 rings (SSSR count). The van der Waals surface area contributed by atoms with Crippen LogP contribution < -0.4 is 10.5 Å². The maximum absolute atomic E-state index is 5.87. The summed E-state index contributed by atoms with van der Waals surface area (Å²) in [7, 11) is 0. The lowest BCUT2D eigenvalue weighted by atomic mass is 9.92. The van der Waals surface area contributed by atoms with E-state index in [0.717, 1.165) is 36.8 Å². The molecule has 3 heteroatoms. The molecular formula is C17H28N2O. The monoisotopic (exact) mass is 276 g/mol. The molecule has 20 heavy (non-hydrogen) atoms. The third kappa shape index (κ3) is 3.97. The zero-order valence-electron chi connectivity index (χ0n) is 12.8. The molecule has 0 saturated carbocycles. The van der Waals surface area contributed by atoms with Gasteiger partial charge >= 0.3 is 0 Å². The zero-order valence-corrected chi connectivity index (χ0v) is 12.8. The number of para-hydroxylation sites is 1. The third-order valence-electron chi connectivity index (χ3n) is 4.54. The summed E-state index contributed by atoms with van der Waals surface area (Å²) in [6.45, 7) is 8.41. The van der Waals surface area contributed by atoms with Crippen molar-refractivity contribution in [2.24, 2.45) is 11.7 Å². The van der Waals surface area contributed by atoms with Crippen LogP contribution in [0.15, 0.2) is 24.3 Å². The molecule has 1 aromatic rings. The van der Waals surface area contributed by atoms with Gasteiger partial charge in [0, 0.05) is 24.7 Å². The van der Waals surface area contributed by atoms with Gasteiger partial charge in [0.15, 0.2) is 0 Å². The van der Waals surface area contributed by atoms with Crippen molar-refractivity contribution in [1.82, 2.24) is 4.90 Å². The van der Waals surface area contributed by atoms with Crippen LogP contribution in [-0.4, -0.2) is 30.6 Å². The Balaban J connectivity index is 1.73. The fourth-order valence-corrected chi connectivity index (χ4v) is 3.00. The number of rotatable bonds is 6. The van der Waals surface area contributed by atoms with Gasteiger partial charge in [-0.3, -0.25) is 0 Å². The molecule has 0 spiro atoms. The van der Waals surface area contributed by atoms with Crippen molar-refractivity contribution in [2.75, 3.05) is 19.7 Å². The first kappa shape index (κ1) is 15.3. The maximum atomic E-state index is 5.87. The van der Waals surface area contributed by atoms with Crippen LogP contribution >= 0.6 is 0 Å². The van der Waals surface area contributed by atoms with Gasteiger partial charge in [-0.15, -0.1) is 0 Å². The van der Waals surface area contributed by atoms with Crippen LogP contribution in [0.3, 0.4) is 0 Å². The molecule has 1 fully saturated rings. The van der Waals surface area contributed by atoms with Crippen molar-refractivity contribution in [3.8, 4) is 5.75 Å². The van der Waals surface area contributed by atoms with Crippen LogP contribution in [0, 0.1) is 5.92 Å². The van der Waals surface area contributed by atoms with Crippen LogP contribution in [0.2, 0.25) is 0 Å². The van der Waals surface area contributed by atoms with E-state index >= 15 is 0 Å². The molecule has 2 atom stereocenters. The van der Waals surface area contributed by atoms with E-state index < -0.39 is 0 Å². The summed E-state index contributed by atoms with van der Waals surface area (Å²) in [4.78, 5) is 2.60. The Labute approximate surface area is 123 Å². The number of hydrogen-bond acceptors (Lipinski definition) is 3. The van der Waals surface area contributed by atoms with Gasteiger partial charge in [-0.25, -0.2) is 0 Å². The van der Waals surface area contributed by atoms with Gasteiger partial charge < -0.3 is 15.4 Å². The van der Waals surface area contributed by atoms with E-state index in [4.69, 9.17) is 10.5 Å². The van der Waals surface area contributed by atoms with E-state index in [1.165, 1.54) is 19.4 Å². The fraction of sp³-hybridized carbons (Fsp3) is 0.647. The zero-order chi connectivity index (χ0) is 14.4. The van der Waals surface area contributed by atoms with E-state index in [1.54, 1.807) is 0 Å². The predicted octanol–water partition coefficient (Wildman–Crippen LogP) is 3.03. The average molecular weight is 276 g/mol. The van der Waals surface area contributed by atoms with Gasteiger partial charge in [0.25, 0.3) is 0 Å². The van der Waals surface area contributed by atoms with Gasteiger partial charge in [0.05, 0.1) is 6.61 Å². The first-order valence-electron chi connectivity index (χ1n) is 7.87. The number of nitrogens with zero attached hydrogens (tertiary/aromatic N) is 1. The van der Waals surface area contributed by atoms with Crippen molar-refractivity contribution in [1.29, 1.82) is 0 Å². The first-order chi connectivity index (χ1) is 9.72. The van der Waals surface area contributed by atoms with E-state index in [-0.39, 0.29) is 0 Å². The lowest BCUT2D eigenvalue weighted by Crippen LogP contribution is -2.43. The lowest BCUT2D eigenvalue weighted by Gasteiger charge is -2.37. The summed E-state index contributed by atoms with van der Waals surface area (Å²) in [6.07, 6.45) is 3.79. The molecule has 2 N–H and O–H groups in total. The lowest BCUT2D eigenvalue weighted by molar-refractivity contribution is 0.106. The van der Waals surface area contributed by atoms with Crippen molar-refractivity contribution in [3.63, 3.8) is 0 Å². The Morgan fingerprint density at radius 3 is 2.90 bits per heavy atom. The number of benzene rings is 1. The third-order valence-corrected chi connectivity index (χ3v) is 4.54. The summed E-state index contributed by atoms with van der Waals surface area (Å²) in [5.41, 5.74) is 6.81. The largest absolute Gasteiger partial charge is 0.493 e. The normalized spacial score (nSPS) is 23.8. The van der Waals surface area contributed by atoms with Crippen LogP contribution in [0.4, 0.5) is 0 Å². The van der Waals surface area contributed by atoms with Crippen molar-refractivity contribution in [2.45, 2.75) is 45.7 Å². The molecule has 2 unspecified atom stereocenters. The van der Waals surface area contributed by atoms with E-state index in [9.17, 15) is 0 Å². The highest BCUT2D eigenvalue weighted by atomic mass is 16.5. The molecule has 1 aliphatic rings. The highest BCUT2D eigenvalue weighted by Gasteiger charge is 2.23. The summed E-state index contributed by atoms with van der Waals surface area (Å²) >= 11 is 0. The first-order valence-corrected chi connectivity index (χ1v) is 7.87. The molecule has 1 heterocycles. The second-order valence-corrected chi connectivity index (χ2v) is 5.91. The van der Waals surface area contributed by atoms with Crippen LogP contribution in [0.5, 0.6) is 5.75 Å². The van der Waals surface area contributed by atoms with Crippen molar-refractivity contribution >= 4 is 0 Å². The van der Waals surface area contributed by atoms with Crippen molar-refractivity contribution in [3.05, 3.63) is 29.8 Å². The summed E-state index contributed by atoms with van der Waals surface area (Å²) in [5.74, 6) is 1.76. The van der Waals surface area contributed by atoms with E-state index in [0.29, 0.717) is 12.6 Å². The molecule has 0 radical (unpaired) electrons. The fourth-order valence-electron chi connectivity index (χ4n) is 3.00. The van der Waals surface area contributed by atoms with Gasteiger partial charge in [-0.1, -0.05) is 25.1 Å². The molecule has 0 bridgehead atoms. The standard InChI is InChI=1S/C17H28N2O/c1-14-7-5-10-19(15(14)2)11-6-12-20-17-9-4-3-8-16(17)13-18/h3-4,8-9,14-15H,5-7,10-13,18H2,1-2H3. The molecular weight excluding hydrogens is 248 g/mol. The van der Waals surface area contributed by atoms with Crippen LogP contribution in [0.25, 0.3) is 0 Å². The number of likely N-dealkylation sites (tertiary alicyclic amines) is 1. The van der Waals surface area contributed by atoms with E-state index in [2.05, 4.69) is 18.7 Å². The predicted molar refractivity (Wildman–Crippen MR) is 83.9 cm³/mol. The Kier molecular flexibility index (Phi) is 5.86. The second kappa shape index (κ2) is 7.65. The minimum atomic E-state index is 0.539. The molecule has 112 valence electrons. The summed E-state index contributed by atoms with van der Waals surface area (Å²) < 4.78 is 5.87. The van der Waals surface area contributed by atoms with Gasteiger partial charge in [0.1, 0.15) is 5.75 Å². The second-order valence-electron chi connectivity index (χ2n) is 5.91. The Hall–Kier alpha value is -1.06. The SMILES string of the molecule is CC1CCCN(CCCOc2ccccc2CN)C1C. The smallest absolute Gasteiger partial charge is 0.123 e. The van der Waals surface area contributed by atoms with E-state index in [1.807, 2.05) is 24.3 Å². The Morgan fingerprint density at radius 2 is 2.10 bits per heavy atom. The molecule has 0 amide bonds. The van der Waals surface area contributed by atoms with Crippen LogP contribution in [0.1, 0.15) is 38.7 Å². The highest BCUT2D eigenvalue weighted by molar-refractivity contribution is 5.32. The quantitative estimate of drug-likeness (QED) is 0.812. The molecule has 1 aliphatic heterocycles. The molecule has 0 aromatic heterocycles. The van der Waals surface area contributed by atoms with Gasteiger partial charge in [-0.05, 0) is 44.7 Å². The molecule has 1 aromatic carbocycles. The molecule has 0 aliphatic carbocycles. The number of hydrogen-bond donors (Lipinski definition) is 1. The number of piperidine rings is 1. The number of nitrogens with two attached hydrogens (primary N) is 1. The average Bonchev–Trinajstić information content (AvgIpc) is 2.48. The topological polar surface area (TPSA) is 38.5 Å². The van der Waals surface area contributed by atoms with Gasteiger partial charge in [0.2, 0.25) is 0 Å². The van der Waals surface area contributed by atoms with Crippen LogP contribution in [-0.2, 0) is 6.54 Å². The maximum Gasteiger partial charge on any atom is 0.123 e. The summed E-state index contributed by atoms with van der Waals surface area (Å²) in [6, 6.07) is 8.76. The number of ether oxygens (including phenoxy) is 1. The van der Waals surface area contributed by atoms with Crippen molar-refractivity contribution < 1.29 is 4.74 Å². The minimum absolute atomic E-state index is 0.539.